The highest BCUT2D eigenvalue weighted by molar-refractivity contribution is 5.90. The molecule has 4 heteroatoms. The number of nitrogens with two attached hydrogens (primary N) is 2. The first-order valence-electron chi connectivity index (χ1n) is 4.07. The van der Waals surface area contributed by atoms with Gasteiger partial charge < -0.3 is 16.2 Å². The first kappa shape index (κ1) is 7.91. The zero-order valence-electron chi connectivity index (χ0n) is 7.32. The minimum Gasteiger partial charge on any atom is -0.481 e. The van der Waals surface area contributed by atoms with Gasteiger partial charge in [-0.25, -0.2) is 4.99 Å². The Balaban J connectivity index is 2.51. The van der Waals surface area contributed by atoms with Crippen LogP contribution in [-0.2, 0) is 0 Å². The minimum absolute atomic E-state index is 0.156. The Morgan fingerprint density at radius 3 is 2.92 bits per heavy atom. The third kappa shape index (κ3) is 1.30. The molecule has 68 valence electrons. The van der Waals surface area contributed by atoms with Gasteiger partial charge in [-0.15, -0.1) is 0 Å². The van der Waals surface area contributed by atoms with Crippen molar-refractivity contribution in [1.29, 1.82) is 0 Å². The van der Waals surface area contributed by atoms with Crippen molar-refractivity contribution in [3.63, 3.8) is 0 Å². The zero-order chi connectivity index (χ0) is 9.42. The molecule has 1 heterocycles. The Kier molecular flexibility index (Phi) is 1.62. The van der Waals surface area contributed by atoms with E-state index in [4.69, 9.17) is 16.2 Å². The average Bonchev–Trinajstić information content (AvgIpc) is 2.08. The molecular formula is C9H11N3O. The van der Waals surface area contributed by atoms with Crippen molar-refractivity contribution in [2.24, 2.45) is 10.7 Å². The molecule has 4 N–H and O–H groups in total. The summed E-state index contributed by atoms with van der Waals surface area (Å²) >= 11 is 0. The molecule has 0 aliphatic carbocycles. The van der Waals surface area contributed by atoms with Crippen LogP contribution < -0.4 is 16.2 Å². The Morgan fingerprint density at radius 1 is 1.38 bits per heavy atom. The second-order valence-corrected chi connectivity index (χ2v) is 3.02. The number of nitrogens with zero attached hydrogens (tertiary/aromatic N) is 1. The molecule has 1 aliphatic rings. The maximum Gasteiger partial charge on any atom is 0.153 e. The largest absolute Gasteiger partial charge is 0.481 e. The molecule has 0 spiro atoms. The summed E-state index contributed by atoms with van der Waals surface area (Å²) in [6.07, 6.45) is -0.156. The molecule has 0 aromatic heterocycles. The molecular weight excluding hydrogens is 166 g/mol. The molecule has 1 aromatic carbocycles. The molecule has 1 atom stereocenters. The Morgan fingerprint density at radius 2 is 2.15 bits per heavy atom. The lowest BCUT2D eigenvalue weighted by molar-refractivity contribution is 0.281. The Bertz CT molecular complexity index is 373. The van der Waals surface area contributed by atoms with E-state index in [9.17, 15) is 0 Å². The molecule has 0 bridgehead atoms. The van der Waals surface area contributed by atoms with E-state index in [1.165, 1.54) is 0 Å². The number of ether oxygens (including phenoxy) is 1. The number of hydrogen-bond acceptors (Lipinski definition) is 4. The minimum atomic E-state index is -0.156. The highest BCUT2D eigenvalue weighted by Crippen LogP contribution is 2.33. The molecule has 0 radical (unpaired) electrons. The number of aliphatic imine (C=N–C) groups is 1. The topological polar surface area (TPSA) is 73.6 Å². The van der Waals surface area contributed by atoms with E-state index in [0.29, 0.717) is 17.2 Å². The lowest BCUT2D eigenvalue weighted by Gasteiger charge is -2.20. The Hall–Kier alpha value is -1.71. The molecule has 1 aromatic rings. The number of amidine groups is 1. The molecule has 0 fully saturated rings. The van der Waals surface area contributed by atoms with Crippen LogP contribution in [0.4, 0.5) is 11.4 Å². The van der Waals surface area contributed by atoms with E-state index in [0.717, 1.165) is 5.75 Å². The summed E-state index contributed by atoms with van der Waals surface area (Å²) in [5.74, 6) is 1.22. The van der Waals surface area contributed by atoms with Gasteiger partial charge in [0.2, 0.25) is 0 Å². The summed E-state index contributed by atoms with van der Waals surface area (Å²) in [6.45, 7) is 1.86. The van der Waals surface area contributed by atoms with E-state index < -0.39 is 0 Å². The first-order valence-corrected chi connectivity index (χ1v) is 4.07. The van der Waals surface area contributed by atoms with Crippen LogP contribution in [0.1, 0.15) is 6.92 Å². The van der Waals surface area contributed by atoms with Crippen molar-refractivity contribution in [3.8, 4) is 5.75 Å². The summed E-state index contributed by atoms with van der Waals surface area (Å²) in [7, 11) is 0. The number of rotatable bonds is 0. The van der Waals surface area contributed by atoms with Gasteiger partial charge in [-0.3, -0.25) is 0 Å². The maximum atomic E-state index is 5.63. The van der Waals surface area contributed by atoms with Gasteiger partial charge in [-0.1, -0.05) is 0 Å². The number of benzene rings is 1. The number of nitrogen functional groups attached to an aromatic ring is 1. The third-order valence-electron chi connectivity index (χ3n) is 1.95. The first-order chi connectivity index (χ1) is 6.16. The highest BCUT2D eigenvalue weighted by atomic mass is 16.5. The maximum absolute atomic E-state index is 5.63. The summed E-state index contributed by atoms with van der Waals surface area (Å²) in [6, 6.07) is 5.33. The number of hydrogen-bond donors (Lipinski definition) is 2. The second-order valence-electron chi connectivity index (χ2n) is 3.02. The SMILES string of the molecule is CC1Oc2ccc(N)cc2N=C1N. The van der Waals surface area contributed by atoms with E-state index >= 15 is 0 Å². The van der Waals surface area contributed by atoms with Crippen LogP contribution in [0.2, 0.25) is 0 Å². The molecule has 0 saturated heterocycles. The van der Waals surface area contributed by atoms with Crippen LogP contribution in [0.15, 0.2) is 23.2 Å². The molecule has 13 heavy (non-hydrogen) atoms. The normalized spacial score (nSPS) is 20.1. The second kappa shape index (κ2) is 2.65. The van der Waals surface area contributed by atoms with E-state index in [-0.39, 0.29) is 6.10 Å². The smallest absolute Gasteiger partial charge is 0.153 e. The molecule has 1 unspecified atom stereocenters. The summed E-state index contributed by atoms with van der Waals surface area (Å²) in [4.78, 5) is 4.18. The van der Waals surface area contributed by atoms with Gasteiger partial charge in [0.1, 0.15) is 17.3 Å². The molecule has 4 nitrogen and oxygen atoms in total. The van der Waals surface area contributed by atoms with Crippen LogP contribution >= 0.6 is 0 Å². The molecule has 0 saturated carbocycles. The third-order valence-corrected chi connectivity index (χ3v) is 1.95. The van der Waals surface area contributed by atoms with Crippen molar-refractivity contribution in [1.82, 2.24) is 0 Å². The standard InChI is InChI=1S/C9H11N3O/c1-5-9(11)12-7-4-6(10)2-3-8(7)13-5/h2-5H,10H2,1H3,(H2,11,12). The zero-order valence-corrected chi connectivity index (χ0v) is 7.32. The van der Waals surface area contributed by atoms with Crippen LogP contribution in [0, 0.1) is 0 Å². The molecule has 2 rings (SSSR count). The predicted octanol–water partition coefficient (Wildman–Crippen LogP) is 1.04. The fourth-order valence-corrected chi connectivity index (χ4v) is 1.20. The van der Waals surface area contributed by atoms with Gasteiger partial charge in [-0.05, 0) is 25.1 Å². The van der Waals surface area contributed by atoms with Crippen LogP contribution in [0.3, 0.4) is 0 Å². The van der Waals surface area contributed by atoms with Gasteiger partial charge in [0, 0.05) is 5.69 Å². The van der Waals surface area contributed by atoms with Gasteiger partial charge in [0.05, 0.1) is 0 Å². The molecule has 1 aliphatic heterocycles. The number of anilines is 1. The lowest BCUT2D eigenvalue weighted by atomic mass is 10.2. The van der Waals surface area contributed by atoms with Crippen LogP contribution in [0.25, 0.3) is 0 Å². The van der Waals surface area contributed by atoms with Gasteiger partial charge in [0.25, 0.3) is 0 Å². The predicted molar refractivity (Wildman–Crippen MR) is 52.2 cm³/mol. The van der Waals surface area contributed by atoms with Gasteiger partial charge in [0.15, 0.2) is 6.10 Å². The van der Waals surface area contributed by atoms with Crippen molar-refractivity contribution in [3.05, 3.63) is 18.2 Å². The lowest BCUT2D eigenvalue weighted by Crippen LogP contribution is -2.33. The molecule has 0 amide bonds. The summed E-state index contributed by atoms with van der Waals surface area (Å²) in [5, 5.41) is 0. The summed E-state index contributed by atoms with van der Waals surface area (Å²) in [5.41, 5.74) is 12.6. The monoisotopic (exact) mass is 177 g/mol. The van der Waals surface area contributed by atoms with Gasteiger partial charge >= 0.3 is 0 Å². The van der Waals surface area contributed by atoms with Crippen molar-refractivity contribution in [2.45, 2.75) is 13.0 Å². The summed E-state index contributed by atoms with van der Waals surface area (Å²) < 4.78 is 5.49. The van der Waals surface area contributed by atoms with Crippen LogP contribution in [-0.4, -0.2) is 11.9 Å². The van der Waals surface area contributed by atoms with Crippen molar-refractivity contribution >= 4 is 17.2 Å². The quantitative estimate of drug-likeness (QED) is 0.581. The van der Waals surface area contributed by atoms with Crippen molar-refractivity contribution < 1.29 is 4.74 Å². The van der Waals surface area contributed by atoms with Crippen LogP contribution in [0.5, 0.6) is 5.75 Å². The highest BCUT2D eigenvalue weighted by Gasteiger charge is 2.17. The average molecular weight is 177 g/mol. The number of fused-ring (bicyclic) bond motifs is 1. The van der Waals surface area contributed by atoms with E-state index in [2.05, 4.69) is 4.99 Å². The fourth-order valence-electron chi connectivity index (χ4n) is 1.20. The fraction of sp³-hybridized carbons (Fsp3) is 0.222. The van der Waals surface area contributed by atoms with Gasteiger partial charge in [-0.2, -0.15) is 0 Å². The Labute approximate surface area is 76.2 Å². The van der Waals surface area contributed by atoms with E-state index in [1.54, 1.807) is 18.2 Å². The van der Waals surface area contributed by atoms with E-state index in [1.807, 2.05) is 6.92 Å². The van der Waals surface area contributed by atoms with Crippen molar-refractivity contribution in [2.75, 3.05) is 5.73 Å².